The Morgan fingerprint density at radius 1 is 1.17 bits per heavy atom. The van der Waals surface area contributed by atoms with Crippen LogP contribution >= 0.6 is 11.8 Å². The molecule has 0 saturated heterocycles. The van der Waals surface area contributed by atoms with Crippen LogP contribution in [0.1, 0.15) is 17.0 Å². The predicted octanol–water partition coefficient (Wildman–Crippen LogP) is 4.39. The molecule has 1 heterocycles. The summed E-state index contributed by atoms with van der Waals surface area (Å²) in [6.07, 6.45) is 1.77. The lowest BCUT2D eigenvalue weighted by Gasteiger charge is -2.10. The van der Waals surface area contributed by atoms with Gasteiger partial charge in [0, 0.05) is 12.2 Å². The van der Waals surface area contributed by atoms with Gasteiger partial charge in [0.25, 0.3) is 0 Å². The topological polar surface area (TPSA) is 69.0 Å². The molecule has 1 amide bonds. The second-order valence-corrected chi connectivity index (χ2v) is 7.48. The third kappa shape index (κ3) is 5.71. The average Bonchev–Trinajstić information content (AvgIpc) is 3.10. The molecule has 0 bridgehead atoms. The number of ether oxygens (including phenoxy) is 1. The van der Waals surface area contributed by atoms with Gasteiger partial charge in [-0.05, 0) is 49.2 Å². The fourth-order valence-corrected chi connectivity index (χ4v) is 3.41. The average molecular weight is 409 g/mol. The molecule has 0 spiro atoms. The summed E-state index contributed by atoms with van der Waals surface area (Å²) >= 11 is 1.34. The van der Waals surface area contributed by atoms with Crippen molar-refractivity contribution in [2.45, 2.75) is 32.2 Å². The number of carbonyl (C=O) groups excluding carboxylic acids is 1. The van der Waals surface area contributed by atoms with Crippen molar-refractivity contribution < 1.29 is 9.53 Å². The molecule has 1 N–H and O–H groups in total. The summed E-state index contributed by atoms with van der Waals surface area (Å²) in [4.78, 5) is 12.2. The van der Waals surface area contributed by atoms with Crippen molar-refractivity contribution in [1.29, 1.82) is 0 Å². The van der Waals surface area contributed by atoms with Crippen molar-refractivity contribution in [2.75, 3.05) is 11.1 Å². The summed E-state index contributed by atoms with van der Waals surface area (Å²) in [6, 6.07) is 15.4. The van der Waals surface area contributed by atoms with E-state index in [1.807, 2.05) is 53.1 Å². The van der Waals surface area contributed by atoms with Crippen LogP contribution in [0.3, 0.4) is 0 Å². The van der Waals surface area contributed by atoms with E-state index in [-0.39, 0.29) is 11.7 Å². The lowest BCUT2D eigenvalue weighted by Crippen LogP contribution is -2.14. The van der Waals surface area contributed by atoms with Gasteiger partial charge < -0.3 is 10.1 Å². The Hall–Kier alpha value is -3.06. The standard InChI is InChI=1S/C22H24N4O2S/c1-4-12-26-20(14-28-19-11-10-16(2)17(3)13-19)24-25-22(26)29-15-21(27)23-18-8-6-5-7-9-18/h4-11,13H,1,12,14-15H2,2-3H3,(H,23,27). The van der Waals surface area contributed by atoms with Crippen LogP contribution in [0.15, 0.2) is 66.3 Å². The Bertz CT molecular complexity index is 986. The first-order chi connectivity index (χ1) is 14.1. The summed E-state index contributed by atoms with van der Waals surface area (Å²) in [5, 5.41) is 12.0. The highest BCUT2D eigenvalue weighted by Crippen LogP contribution is 2.21. The highest BCUT2D eigenvalue weighted by Gasteiger charge is 2.14. The fraction of sp³-hybridized carbons (Fsp3) is 0.227. The quantitative estimate of drug-likeness (QED) is 0.420. The first-order valence-electron chi connectivity index (χ1n) is 9.27. The van der Waals surface area contributed by atoms with Gasteiger partial charge in [-0.1, -0.05) is 42.1 Å². The Morgan fingerprint density at radius 3 is 2.69 bits per heavy atom. The molecule has 6 nitrogen and oxygen atoms in total. The highest BCUT2D eigenvalue weighted by atomic mass is 32.2. The van der Waals surface area contributed by atoms with Crippen molar-refractivity contribution in [3.8, 4) is 5.75 Å². The largest absolute Gasteiger partial charge is 0.486 e. The summed E-state index contributed by atoms with van der Waals surface area (Å²) < 4.78 is 7.80. The van der Waals surface area contributed by atoms with E-state index in [1.165, 1.54) is 22.9 Å². The maximum atomic E-state index is 12.2. The maximum Gasteiger partial charge on any atom is 0.234 e. The van der Waals surface area contributed by atoms with Crippen molar-refractivity contribution in [3.05, 3.63) is 78.1 Å². The van der Waals surface area contributed by atoms with Gasteiger partial charge in [0.05, 0.1) is 5.75 Å². The van der Waals surface area contributed by atoms with Crippen LogP contribution in [0.25, 0.3) is 0 Å². The molecule has 1 aromatic heterocycles. The summed E-state index contributed by atoms with van der Waals surface area (Å²) in [6.45, 7) is 8.76. The molecule has 3 aromatic rings. The van der Waals surface area contributed by atoms with Crippen LogP contribution in [0.2, 0.25) is 0 Å². The molecular formula is C22H24N4O2S. The molecule has 0 aliphatic carbocycles. The minimum Gasteiger partial charge on any atom is -0.486 e. The lowest BCUT2D eigenvalue weighted by atomic mass is 10.1. The number of hydrogen-bond donors (Lipinski definition) is 1. The summed E-state index contributed by atoms with van der Waals surface area (Å²) in [5.41, 5.74) is 3.17. The van der Waals surface area contributed by atoms with Gasteiger partial charge in [-0.3, -0.25) is 9.36 Å². The number of nitrogens with zero attached hydrogens (tertiary/aromatic N) is 3. The highest BCUT2D eigenvalue weighted by molar-refractivity contribution is 7.99. The zero-order chi connectivity index (χ0) is 20.6. The van der Waals surface area contributed by atoms with E-state index in [1.54, 1.807) is 6.08 Å². The number of rotatable bonds is 9. The van der Waals surface area contributed by atoms with Crippen molar-refractivity contribution in [1.82, 2.24) is 14.8 Å². The van der Waals surface area contributed by atoms with E-state index in [0.717, 1.165) is 11.4 Å². The second kappa shape index (κ2) is 9.93. The van der Waals surface area contributed by atoms with Crippen LogP contribution in [0.5, 0.6) is 5.75 Å². The van der Waals surface area contributed by atoms with Gasteiger partial charge in [0.2, 0.25) is 5.91 Å². The SMILES string of the molecule is C=CCn1c(COc2ccc(C)c(C)c2)nnc1SCC(=O)Nc1ccccc1. The molecule has 0 aliphatic rings. The molecule has 3 rings (SSSR count). The Morgan fingerprint density at radius 2 is 1.97 bits per heavy atom. The van der Waals surface area contributed by atoms with Crippen LogP contribution in [0.4, 0.5) is 5.69 Å². The summed E-state index contributed by atoms with van der Waals surface area (Å²) in [7, 11) is 0. The van der Waals surface area contributed by atoms with Gasteiger partial charge in [-0.25, -0.2) is 0 Å². The monoisotopic (exact) mass is 408 g/mol. The fourth-order valence-electron chi connectivity index (χ4n) is 2.65. The van der Waals surface area contributed by atoms with Crippen LogP contribution in [-0.2, 0) is 17.9 Å². The maximum absolute atomic E-state index is 12.2. The summed E-state index contributed by atoms with van der Waals surface area (Å²) in [5.74, 6) is 1.62. The molecule has 0 radical (unpaired) electrons. The zero-order valence-corrected chi connectivity index (χ0v) is 17.4. The smallest absolute Gasteiger partial charge is 0.234 e. The molecule has 0 aliphatic heterocycles. The molecule has 0 atom stereocenters. The van der Waals surface area contributed by atoms with Gasteiger partial charge >= 0.3 is 0 Å². The van der Waals surface area contributed by atoms with Crippen LogP contribution in [0, 0.1) is 13.8 Å². The minimum atomic E-state index is -0.0951. The first-order valence-corrected chi connectivity index (χ1v) is 10.3. The van der Waals surface area contributed by atoms with Gasteiger partial charge in [0.15, 0.2) is 11.0 Å². The van der Waals surface area contributed by atoms with E-state index < -0.39 is 0 Å². The Balaban J connectivity index is 1.62. The number of anilines is 1. The molecule has 0 saturated carbocycles. The molecule has 0 unspecified atom stereocenters. The van der Waals surface area contributed by atoms with Crippen LogP contribution < -0.4 is 10.1 Å². The second-order valence-electron chi connectivity index (χ2n) is 6.54. The number of allylic oxidation sites excluding steroid dienone is 1. The molecule has 29 heavy (non-hydrogen) atoms. The number of aromatic nitrogens is 3. The van der Waals surface area contributed by atoms with Crippen LogP contribution in [-0.4, -0.2) is 26.4 Å². The predicted molar refractivity (Wildman–Crippen MR) is 116 cm³/mol. The van der Waals surface area contributed by atoms with Crippen molar-refractivity contribution in [2.24, 2.45) is 0 Å². The number of nitrogens with one attached hydrogen (secondary N) is 1. The first kappa shape index (κ1) is 20.7. The zero-order valence-electron chi connectivity index (χ0n) is 16.6. The van der Waals surface area contributed by atoms with Crippen molar-refractivity contribution >= 4 is 23.4 Å². The van der Waals surface area contributed by atoms with Gasteiger partial charge in [-0.2, -0.15) is 0 Å². The number of amides is 1. The Kier molecular flexibility index (Phi) is 7.08. The third-order valence-corrected chi connectivity index (χ3v) is 5.31. The number of aryl methyl sites for hydroxylation is 2. The normalized spacial score (nSPS) is 10.6. The van der Waals surface area contributed by atoms with E-state index in [4.69, 9.17) is 4.74 Å². The molecular weight excluding hydrogens is 384 g/mol. The Labute approximate surface area is 175 Å². The van der Waals surface area contributed by atoms with E-state index >= 15 is 0 Å². The number of hydrogen-bond acceptors (Lipinski definition) is 5. The molecule has 2 aromatic carbocycles. The molecule has 0 fully saturated rings. The number of benzene rings is 2. The van der Waals surface area contributed by atoms with E-state index in [9.17, 15) is 4.79 Å². The number of thioether (sulfide) groups is 1. The van der Waals surface area contributed by atoms with E-state index in [0.29, 0.717) is 24.1 Å². The third-order valence-electron chi connectivity index (χ3n) is 4.34. The van der Waals surface area contributed by atoms with E-state index in [2.05, 4.69) is 35.9 Å². The van der Waals surface area contributed by atoms with Gasteiger partial charge in [0.1, 0.15) is 12.4 Å². The lowest BCUT2D eigenvalue weighted by molar-refractivity contribution is -0.113. The molecule has 7 heteroatoms. The van der Waals surface area contributed by atoms with Crippen molar-refractivity contribution in [3.63, 3.8) is 0 Å². The number of carbonyl (C=O) groups is 1. The number of para-hydroxylation sites is 1. The molecule has 150 valence electrons. The van der Waals surface area contributed by atoms with Gasteiger partial charge in [-0.15, -0.1) is 16.8 Å². The minimum absolute atomic E-state index is 0.0951.